The molecule has 1 unspecified atom stereocenters. The van der Waals surface area contributed by atoms with E-state index in [0.29, 0.717) is 36.0 Å². The molecule has 0 spiro atoms. The van der Waals surface area contributed by atoms with E-state index in [1.54, 1.807) is 54.6 Å². The number of rotatable bonds is 7. The second kappa shape index (κ2) is 9.70. The van der Waals surface area contributed by atoms with E-state index in [1.807, 2.05) is 19.9 Å². The predicted molar refractivity (Wildman–Crippen MR) is 128 cm³/mol. The molecule has 0 radical (unpaired) electrons. The molecule has 0 aliphatic carbocycles. The summed E-state index contributed by atoms with van der Waals surface area (Å²) in [6.45, 7) is 4.45. The molecule has 4 rings (SSSR count). The number of hydrogen-bond donors (Lipinski definition) is 2. The average Bonchev–Trinajstić information content (AvgIpc) is 3.11. The number of carbonyl (C=O) groups excluding carboxylic acids is 2. The first kappa shape index (κ1) is 22.9. The summed E-state index contributed by atoms with van der Waals surface area (Å²) in [5.74, 6) is -0.971. The van der Waals surface area contributed by atoms with Crippen molar-refractivity contribution in [3.8, 4) is 17.2 Å². The van der Waals surface area contributed by atoms with Gasteiger partial charge in [0, 0.05) is 11.8 Å². The van der Waals surface area contributed by atoms with Crippen molar-refractivity contribution in [2.45, 2.75) is 19.9 Å². The lowest BCUT2D eigenvalue weighted by atomic mass is 9.94. The van der Waals surface area contributed by atoms with Gasteiger partial charge in [-0.15, -0.1) is 0 Å². The highest BCUT2D eigenvalue weighted by Gasteiger charge is 2.47. The number of carbonyl (C=O) groups is 2. The SMILES string of the molecule is CCOc1ccc(/C(O)=C2/C(=O)C(=O)N(c3ccccc3)C2c2ccc(O)cc2)c(OCC)c1. The second-order valence-electron chi connectivity index (χ2n) is 7.62. The van der Waals surface area contributed by atoms with Gasteiger partial charge in [0.05, 0.1) is 30.4 Å². The van der Waals surface area contributed by atoms with Crippen LogP contribution in [-0.2, 0) is 9.59 Å². The molecule has 0 saturated carbocycles. The molecule has 1 saturated heterocycles. The van der Waals surface area contributed by atoms with Crippen molar-refractivity contribution in [2.75, 3.05) is 18.1 Å². The van der Waals surface area contributed by atoms with Crippen molar-refractivity contribution in [3.63, 3.8) is 0 Å². The third kappa shape index (κ3) is 4.20. The molecule has 3 aromatic carbocycles. The Kier molecular flexibility index (Phi) is 6.54. The monoisotopic (exact) mass is 459 g/mol. The maximum atomic E-state index is 13.3. The minimum atomic E-state index is -0.899. The number of phenolic OH excluding ortho intramolecular Hbond substituents is 1. The maximum Gasteiger partial charge on any atom is 0.300 e. The molecule has 1 aliphatic heterocycles. The van der Waals surface area contributed by atoms with Crippen LogP contribution in [0.3, 0.4) is 0 Å². The Morgan fingerprint density at radius 3 is 2.24 bits per heavy atom. The van der Waals surface area contributed by atoms with E-state index < -0.39 is 17.7 Å². The van der Waals surface area contributed by atoms with Gasteiger partial charge in [0.2, 0.25) is 0 Å². The molecule has 3 aromatic rings. The molecule has 174 valence electrons. The van der Waals surface area contributed by atoms with Crippen LogP contribution in [-0.4, -0.2) is 35.1 Å². The fourth-order valence-corrected chi connectivity index (χ4v) is 4.03. The number of amides is 1. The van der Waals surface area contributed by atoms with Crippen LogP contribution in [0.2, 0.25) is 0 Å². The largest absolute Gasteiger partial charge is 0.508 e. The van der Waals surface area contributed by atoms with Gasteiger partial charge in [-0.2, -0.15) is 0 Å². The lowest BCUT2D eigenvalue weighted by molar-refractivity contribution is -0.132. The van der Waals surface area contributed by atoms with Crippen LogP contribution >= 0.6 is 0 Å². The molecule has 7 nitrogen and oxygen atoms in total. The van der Waals surface area contributed by atoms with E-state index >= 15 is 0 Å². The molecule has 34 heavy (non-hydrogen) atoms. The lowest BCUT2D eigenvalue weighted by Crippen LogP contribution is -2.29. The van der Waals surface area contributed by atoms with Crippen LogP contribution < -0.4 is 14.4 Å². The second-order valence-corrected chi connectivity index (χ2v) is 7.62. The highest BCUT2D eigenvalue weighted by Crippen LogP contribution is 2.43. The number of benzene rings is 3. The first-order chi connectivity index (χ1) is 16.5. The number of aliphatic hydroxyl groups is 1. The maximum absolute atomic E-state index is 13.3. The van der Waals surface area contributed by atoms with Gasteiger partial charge in [-0.25, -0.2) is 0 Å². The summed E-state index contributed by atoms with van der Waals surface area (Å²) < 4.78 is 11.3. The molecule has 0 aromatic heterocycles. The van der Waals surface area contributed by atoms with Crippen molar-refractivity contribution >= 4 is 23.1 Å². The van der Waals surface area contributed by atoms with E-state index in [4.69, 9.17) is 9.47 Å². The van der Waals surface area contributed by atoms with E-state index in [2.05, 4.69) is 0 Å². The fraction of sp³-hybridized carbons (Fsp3) is 0.185. The molecular weight excluding hydrogens is 434 g/mol. The number of anilines is 1. The minimum absolute atomic E-state index is 0.0468. The minimum Gasteiger partial charge on any atom is -0.508 e. The van der Waals surface area contributed by atoms with Gasteiger partial charge in [0.1, 0.15) is 23.0 Å². The zero-order valence-electron chi connectivity index (χ0n) is 18.9. The van der Waals surface area contributed by atoms with Gasteiger partial charge in [0.15, 0.2) is 0 Å². The van der Waals surface area contributed by atoms with Gasteiger partial charge >= 0.3 is 0 Å². The summed E-state index contributed by atoms with van der Waals surface area (Å²) in [4.78, 5) is 27.8. The first-order valence-electron chi connectivity index (χ1n) is 11.0. The van der Waals surface area contributed by atoms with Crippen LogP contribution in [0.15, 0.2) is 78.4 Å². The molecule has 1 atom stereocenters. The van der Waals surface area contributed by atoms with E-state index in [-0.39, 0.29) is 22.6 Å². The number of ether oxygens (including phenoxy) is 2. The number of para-hydroxylation sites is 1. The van der Waals surface area contributed by atoms with Crippen molar-refractivity contribution in [1.82, 2.24) is 0 Å². The predicted octanol–water partition coefficient (Wildman–Crippen LogP) is 4.82. The van der Waals surface area contributed by atoms with E-state index in [0.717, 1.165) is 0 Å². The first-order valence-corrected chi connectivity index (χ1v) is 11.0. The summed E-state index contributed by atoms with van der Waals surface area (Å²) in [5.41, 5.74) is 1.29. The molecule has 1 aliphatic rings. The number of hydrogen-bond acceptors (Lipinski definition) is 6. The van der Waals surface area contributed by atoms with Crippen molar-refractivity contribution in [3.05, 3.63) is 89.5 Å². The summed E-state index contributed by atoms with van der Waals surface area (Å²) in [5, 5.41) is 21.2. The van der Waals surface area contributed by atoms with Crippen molar-refractivity contribution in [1.29, 1.82) is 0 Å². The Morgan fingerprint density at radius 2 is 1.59 bits per heavy atom. The van der Waals surface area contributed by atoms with E-state index in [9.17, 15) is 19.8 Å². The molecule has 1 amide bonds. The Hall–Kier alpha value is -4.26. The van der Waals surface area contributed by atoms with Gasteiger partial charge < -0.3 is 19.7 Å². The number of aliphatic hydroxyl groups excluding tert-OH is 1. The summed E-state index contributed by atoms with van der Waals surface area (Å²) in [6.07, 6.45) is 0. The molecule has 1 heterocycles. The van der Waals surface area contributed by atoms with Gasteiger partial charge in [-0.05, 0) is 55.8 Å². The lowest BCUT2D eigenvalue weighted by Gasteiger charge is -2.25. The average molecular weight is 459 g/mol. The quantitative estimate of drug-likeness (QED) is 0.299. The molecule has 7 heteroatoms. The van der Waals surface area contributed by atoms with Crippen LogP contribution in [0, 0.1) is 0 Å². The Morgan fingerprint density at radius 1 is 0.912 bits per heavy atom. The highest BCUT2D eigenvalue weighted by atomic mass is 16.5. The molecule has 0 bridgehead atoms. The number of aromatic hydroxyl groups is 1. The van der Waals surface area contributed by atoms with Crippen LogP contribution in [0.5, 0.6) is 17.2 Å². The van der Waals surface area contributed by atoms with Gasteiger partial charge in [-0.1, -0.05) is 30.3 Å². The zero-order chi connectivity index (χ0) is 24.2. The molecular formula is C27H25NO6. The Bertz CT molecular complexity index is 1230. The summed E-state index contributed by atoms with van der Waals surface area (Å²) in [7, 11) is 0. The van der Waals surface area contributed by atoms with Crippen LogP contribution in [0.4, 0.5) is 5.69 Å². The summed E-state index contributed by atoms with van der Waals surface area (Å²) >= 11 is 0. The number of nitrogens with zero attached hydrogens (tertiary/aromatic N) is 1. The number of Topliss-reactive ketones (excluding diaryl/α,β-unsaturated/α-hetero) is 1. The van der Waals surface area contributed by atoms with Gasteiger partial charge in [-0.3, -0.25) is 14.5 Å². The smallest absolute Gasteiger partial charge is 0.300 e. The highest BCUT2D eigenvalue weighted by molar-refractivity contribution is 6.51. The third-order valence-corrected chi connectivity index (χ3v) is 5.51. The number of ketones is 1. The third-order valence-electron chi connectivity index (χ3n) is 5.51. The standard InChI is InChI=1S/C27H25NO6/c1-3-33-20-14-15-21(22(16-20)34-4-2)25(30)23-24(17-10-12-19(29)13-11-17)28(27(32)26(23)31)18-8-6-5-7-9-18/h5-16,24,29-30H,3-4H2,1-2H3/b25-23-. The molecule has 2 N–H and O–H groups in total. The Balaban J connectivity index is 1.93. The van der Waals surface area contributed by atoms with Crippen LogP contribution in [0.1, 0.15) is 31.0 Å². The summed E-state index contributed by atoms with van der Waals surface area (Å²) in [6, 6.07) is 19.0. The Labute approximate surface area is 197 Å². The normalized spacial score (nSPS) is 17.1. The van der Waals surface area contributed by atoms with Gasteiger partial charge in [0.25, 0.3) is 11.7 Å². The van der Waals surface area contributed by atoms with Crippen LogP contribution in [0.25, 0.3) is 5.76 Å². The van der Waals surface area contributed by atoms with Crippen molar-refractivity contribution in [2.24, 2.45) is 0 Å². The van der Waals surface area contributed by atoms with Crippen molar-refractivity contribution < 1.29 is 29.3 Å². The number of phenols is 1. The van der Waals surface area contributed by atoms with E-state index in [1.165, 1.54) is 17.0 Å². The zero-order valence-corrected chi connectivity index (χ0v) is 18.9. The topological polar surface area (TPSA) is 96.3 Å². The molecule has 1 fully saturated rings. The fourth-order valence-electron chi connectivity index (χ4n) is 4.03.